The van der Waals surface area contributed by atoms with E-state index in [-0.39, 0.29) is 23.6 Å². The smallest absolute Gasteiger partial charge is 0.422 e. The normalized spacial score (nSPS) is 13.6. The topological polar surface area (TPSA) is 64.4 Å². The first-order valence-corrected chi connectivity index (χ1v) is 6.81. The van der Waals surface area contributed by atoms with Crippen LogP contribution in [0.2, 0.25) is 0 Å². The molecule has 0 radical (unpaired) electrons. The predicted molar refractivity (Wildman–Crippen MR) is 77.3 cm³/mol. The maximum Gasteiger partial charge on any atom is 0.422 e. The van der Waals surface area contributed by atoms with E-state index in [1.165, 1.54) is 12.1 Å². The summed E-state index contributed by atoms with van der Waals surface area (Å²) in [6.07, 6.45) is -4.37. The molecule has 0 aromatic heterocycles. The fraction of sp³-hybridized carbons (Fsp3) is 0.533. The molecule has 0 aliphatic carbocycles. The third-order valence-electron chi connectivity index (χ3n) is 3.01. The second kappa shape index (κ2) is 7.00. The summed E-state index contributed by atoms with van der Waals surface area (Å²) in [5.74, 6) is -0.149. The van der Waals surface area contributed by atoms with Crippen molar-refractivity contribution in [2.45, 2.75) is 39.5 Å². The van der Waals surface area contributed by atoms with Gasteiger partial charge in [0.1, 0.15) is 5.75 Å². The maximum atomic E-state index is 12.0. The molecule has 3 N–H and O–H groups in total. The lowest BCUT2D eigenvalue weighted by Crippen LogP contribution is -2.48. The highest BCUT2D eigenvalue weighted by Crippen LogP contribution is 2.19. The van der Waals surface area contributed by atoms with Gasteiger partial charge >= 0.3 is 6.18 Å². The van der Waals surface area contributed by atoms with Crippen molar-refractivity contribution in [3.63, 3.8) is 0 Å². The number of nitrogens with two attached hydrogens (primary N) is 1. The van der Waals surface area contributed by atoms with Crippen molar-refractivity contribution in [3.05, 3.63) is 29.8 Å². The zero-order chi connectivity index (χ0) is 17.0. The highest BCUT2D eigenvalue weighted by Gasteiger charge is 2.28. The number of carbonyl (C=O) groups is 1. The quantitative estimate of drug-likeness (QED) is 0.877. The molecule has 0 heterocycles. The number of ether oxygens (including phenoxy) is 1. The van der Waals surface area contributed by atoms with E-state index in [1.54, 1.807) is 12.1 Å². The second-order valence-electron chi connectivity index (χ2n) is 6.11. The van der Waals surface area contributed by atoms with Gasteiger partial charge in [-0.25, -0.2) is 0 Å². The van der Waals surface area contributed by atoms with Gasteiger partial charge in [-0.05, 0) is 23.1 Å². The first kappa shape index (κ1) is 18.3. The van der Waals surface area contributed by atoms with Gasteiger partial charge in [0.2, 0.25) is 5.91 Å². The summed E-state index contributed by atoms with van der Waals surface area (Å²) < 4.78 is 40.7. The number of nitrogens with one attached hydrogen (secondary N) is 1. The molecule has 0 unspecified atom stereocenters. The Morgan fingerprint density at radius 3 is 2.23 bits per heavy atom. The van der Waals surface area contributed by atoms with Gasteiger partial charge in [0, 0.05) is 6.54 Å². The van der Waals surface area contributed by atoms with Crippen LogP contribution in [0.15, 0.2) is 24.3 Å². The molecule has 0 saturated carbocycles. The number of rotatable bonds is 5. The standard InChI is InChI=1S/C15H21F3N2O2/c1-14(2,3)12(19)13(21)20-8-10-4-6-11(7-5-10)22-9-15(16,17)18/h4-7,12H,8-9,19H2,1-3H3,(H,20,21)/t12-/m1/s1. The maximum absolute atomic E-state index is 12.0. The Hall–Kier alpha value is -1.76. The second-order valence-corrected chi connectivity index (χ2v) is 6.11. The Kier molecular flexibility index (Phi) is 5.82. The van der Waals surface area contributed by atoms with E-state index in [9.17, 15) is 18.0 Å². The number of halogens is 3. The van der Waals surface area contributed by atoms with Gasteiger partial charge in [-0.1, -0.05) is 32.9 Å². The monoisotopic (exact) mass is 318 g/mol. The van der Waals surface area contributed by atoms with Crippen LogP contribution in [0.4, 0.5) is 13.2 Å². The lowest BCUT2D eigenvalue weighted by atomic mass is 9.87. The number of amides is 1. The van der Waals surface area contributed by atoms with Crippen LogP contribution < -0.4 is 15.8 Å². The van der Waals surface area contributed by atoms with Gasteiger partial charge in [-0.3, -0.25) is 4.79 Å². The van der Waals surface area contributed by atoms with Crippen LogP contribution >= 0.6 is 0 Å². The molecule has 0 spiro atoms. The summed E-state index contributed by atoms with van der Waals surface area (Å²) in [4.78, 5) is 11.9. The number of carbonyl (C=O) groups excluding carboxylic acids is 1. The molecule has 0 aliphatic heterocycles. The van der Waals surface area contributed by atoms with Crippen molar-refractivity contribution in [2.75, 3.05) is 6.61 Å². The first-order valence-electron chi connectivity index (χ1n) is 6.81. The summed E-state index contributed by atoms with van der Waals surface area (Å²) in [6, 6.07) is 5.40. The van der Waals surface area contributed by atoms with Crippen LogP contribution in [0.1, 0.15) is 26.3 Å². The Morgan fingerprint density at radius 1 is 1.23 bits per heavy atom. The van der Waals surface area contributed by atoms with Gasteiger partial charge in [0.05, 0.1) is 6.04 Å². The Bertz CT molecular complexity index is 493. The van der Waals surface area contributed by atoms with Gasteiger partial charge in [-0.2, -0.15) is 13.2 Å². The van der Waals surface area contributed by atoms with Crippen molar-refractivity contribution in [1.82, 2.24) is 5.32 Å². The molecule has 1 aromatic carbocycles. The molecule has 7 heteroatoms. The van der Waals surface area contributed by atoms with Gasteiger partial charge in [0.25, 0.3) is 0 Å². The first-order chi connectivity index (χ1) is 9.99. The van der Waals surface area contributed by atoms with Crippen molar-refractivity contribution >= 4 is 5.91 Å². The third-order valence-corrected chi connectivity index (χ3v) is 3.01. The fourth-order valence-corrected chi connectivity index (χ4v) is 1.56. The summed E-state index contributed by atoms with van der Waals surface area (Å²) in [5, 5.41) is 2.70. The fourth-order valence-electron chi connectivity index (χ4n) is 1.56. The molecule has 0 saturated heterocycles. The van der Waals surface area contributed by atoms with Crippen molar-refractivity contribution in [1.29, 1.82) is 0 Å². The van der Waals surface area contributed by atoms with Crippen LogP contribution in [0.3, 0.4) is 0 Å². The van der Waals surface area contributed by atoms with Crippen molar-refractivity contribution in [2.24, 2.45) is 11.1 Å². The Labute approximate surface area is 127 Å². The van der Waals surface area contributed by atoms with E-state index in [2.05, 4.69) is 10.1 Å². The van der Waals surface area contributed by atoms with E-state index in [0.29, 0.717) is 0 Å². The molecule has 1 aromatic rings. The third kappa shape index (κ3) is 6.34. The Balaban J connectivity index is 2.50. The summed E-state index contributed by atoms with van der Waals surface area (Å²) in [6.45, 7) is 4.52. The predicted octanol–water partition coefficient (Wildman–Crippen LogP) is 2.62. The zero-order valence-electron chi connectivity index (χ0n) is 12.8. The Morgan fingerprint density at radius 2 is 1.77 bits per heavy atom. The van der Waals surface area contributed by atoms with E-state index in [0.717, 1.165) is 5.56 Å². The van der Waals surface area contributed by atoms with Crippen LogP contribution in [-0.4, -0.2) is 24.7 Å². The van der Waals surface area contributed by atoms with Crippen molar-refractivity contribution < 1.29 is 22.7 Å². The van der Waals surface area contributed by atoms with Crippen LogP contribution in [-0.2, 0) is 11.3 Å². The van der Waals surface area contributed by atoms with E-state index < -0.39 is 18.8 Å². The van der Waals surface area contributed by atoms with Crippen LogP contribution in [0.5, 0.6) is 5.75 Å². The molecule has 0 bridgehead atoms. The highest BCUT2D eigenvalue weighted by atomic mass is 19.4. The van der Waals surface area contributed by atoms with Crippen LogP contribution in [0, 0.1) is 5.41 Å². The number of hydrogen-bond acceptors (Lipinski definition) is 3. The number of alkyl halides is 3. The van der Waals surface area contributed by atoms with Gasteiger partial charge in [-0.15, -0.1) is 0 Å². The summed E-state index contributed by atoms with van der Waals surface area (Å²) >= 11 is 0. The minimum absolute atomic E-state index is 0.124. The molecule has 4 nitrogen and oxygen atoms in total. The number of hydrogen-bond donors (Lipinski definition) is 2. The molecule has 1 amide bonds. The lowest BCUT2D eigenvalue weighted by Gasteiger charge is -2.25. The van der Waals surface area contributed by atoms with E-state index in [1.807, 2.05) is 20.8 Å². The molecule has 0 aliphatic rings. The van der Waals surface area contributed by atoms with Gasteiger partial charge in [0.15, 0.2) is 6.61 Å². The van der Waals surface area contributed by atoms with E-state index in [4.69, 9.17) is 5.73 Å². The molecular weight excluding hydrogens is 297 g/mol. The molecule has 22 heavy (non-hydrogen) atoms. The van der Waals surface area contributed by atoms with Gasteiger partial charge < -0.3 is 15.8 Å². The summed E-state index contributed by atoms with van der Waals surface area (Å²) in [5.41, 5.74) is 6.22. The molecular formula is C15H21F3N2O2. The van der Waals surface area contributed by atoms with Crippen molar-refractivity contribution in [3.8, 4) is 5.75 Å². The number of benzene rings is 1. The SMILES string of the molecule is CC(C)(C)[C@H](N)C(=O)NCc1ccc(OCC(F)(F)F)cc1. The molecule has 0 fully saturated rings. The molecule has 1 rings (SSSR count). The minimum atomic E-state index is -4.37. The molecule has 124 valence electrons. The lowest BCUT2D eigenvalue weighted by molar-refractivity contribution is -0.153. The average molecular weight is 318 g/mol. The summed E-state index contributed by atoms with van der Waals surface area (Å²) in [7, 11) is 0. The zero-order valence-corrected chi connectivity index (χ0v) is 12.8. The van der Waals surface area contributed by atoms with Crippen LogP contribution in [0.25, 0.3) is 0 Å². The van der Waals surface area contributed by atoms with E-state index >= 15 is 0 Å². The largest absolute Gasteiger partial charge is 0.484 e. The molecule has 1 atom stereocenters. The highest BCUT2D eigenvalue weighted by molar-refractivity contribution is 5.82. The minimum Gasteiger partial charge on any atom is -0.484 e. The average Bonchev–Trinajstić information content (AvgIpc) is 2.41.